The summed E-state index contributed by atoms with van der Waals surface area (Å²) in [5.41, 5.74) is 1.02. The van der Waals surface area contributed by atoms with Crippen molar-refractivity contribution in [1.82, 2.24) is 20.2 Å². The number of unbranched alkanes of at least 4 members (excludes halogenated alkanes) is 1. The molecule has 2 fully saturated rings. The number of carbonyl (C=O) groups excluding carboxylic acids is 3. The van der Waals surface area contributed by atoms with Gasteiger partial charge in [0.2, 0.25) is 0 Å². The summed E-state index contributed by atoms with van der Waals surface area (Å²) in [5.74, 6) is 0.284. The fraction of sp³-hybridized carbons (Fsp3) is 0.433. The number of amides is 2. The highest BCUT2D eigenvalue weighted by molar-refractivity contribution is 8.00. The first-order valence-corrected chi connectivity index (χ1v) is 15.3. The van der Waals surface area contributed by atoms with Crippen LogP contribution in [0, 0.1) is 0 Å². The minimum atomic E-state index is -1.87. The third-order valence-electron chi connectivity index (χ3n) is 8.77. The van der Waals surface area contributed by atoms with Crippen molar-refractivity contribution in [3.05, 3.63) is 57.4 Å². The van der Waals surface area contributed by atoms with Crippen molar-refractivity contribution in [3.8, 4) is 17.1 Å². The maximum absolute atomic E-state index is 13.4. The number of aliphatic hydroxyl groups is 1. The summed E-state index contributed by atoms with van der Waals surface area (Å²) in [7, 11) is 0. The third kappa shape index (κ3) is 4.35. The first-order valence-electron chi connectivity index (χ1n) is 14.3. The van der Waals surface area contributed by atoms with Gasteiger partial charge in [-0.2, -0.15) is 11.8 Å². The molecule has 12 heteroatoms. The van der Waals surface area contributed by atoms with Crippen molar-refractivity contribution in [1.29, 1.82) is 0 Å². The van der Waals surface area contributed by atoms with E-state index >= 15 is 0 Å². The average Bonchev–Trinajstić information content (AvgIpc) is 3.64. The number of hydrogen-bond acceptors (Lipinski definition) is 9. The minimum Gasteiger partial charge on any atom is -0.458 e. The van der Waals surface area contributed by atoms with Crippen molar-refractivity contribution < 1.29 is 29.0 Å². The monoisotopic (exact) mass is 590 g/mol. The van der Waals surface area contributed by atoms with E-state index in [-0.39, 0.29) is 53.8 Å². The van der Waals surface area contributed by atoms with Gasteiger partial charge in [-0.15, -0.1) is 0 Å². The summed E-state index contributed by atoms with van der Waals surface area (Å²) in [6.07, 6.45) is 2.90. The molecular weight excluding hydrogens is 560 g/mol. The molecule has 7 rings (SSSR count). The highest BCUT2D eigenvalue weighted by Gasteiger charge is 2.45. The number of pyridine rings is 2. The topological polar surface area (TPSA) is 149 Å². The number of nitrogens with zero attached hydrogens (tertiary/aromatic N) is 2. The Kier molecular flexibility index (Phi) is 6.50. The fourth-order valence-corrected chi connectivity index (χ4v) is 8.01. The zero-order chi connectivity index (χ0) is 29.2. The van der Waals surface area contributed by atoms with Gasteiger partial charge in [0.05, 0.1) is 41.1 Å². The van der Waals surface area contributed by atoms with Gasteiger partial charge in [0.1, 0.15) is 12.4 Å². The molecule has 0 saturated carbocycles. The molecule has 4 aliphatic heterocycles. The lowest BCUT2D eigenvalue weighted by atomic mass is 9.86. The second-order valence-electron chi connectivity index (χ2n) is 11.3. The van der Waals surface area contributed by atoms with E-state index in [4.69, 9.17) is 14.5 Å². The lowest BCUT2D eigenvalue weighted by Crippen LogP contribution is -2.44. The van der Waals surface area contributed by atoms with Gasteiger partial charge in [0.25, 0.3) is 5.56 Å². The Balaban J connectivity index is 1.04. The van der Waals surface area contributed by atoms with Gasteiger partial charge in [-0.3, -0.25) is 9.59 Å². The van der Waals surface area contributed by atoms with Crippen LogP contribution in [-0.2, 0) is 33.1 Å². The molecule has 2 saturated heterocycles. The number of aromatic nitrogens is 2. The first-order chi connectivity index (χ1) is 20.2. The number of esters is 2. The Morgan fingerprint density at radius 2 is 2.07 bits per heavy atom. The average molecular weight is 591 g/mol. The summed E-state index contributed by atoms with van der Waals surface area (Å²) in [5, 5.41) is 18.1. The van der Waals surface area contributed by atoms with Crippen molar-refractivity contribution in [3.63, 3.8) is 0 Å². The summed E-state index contributed by atoms with van der Waals surface area (Å²) in [6.45, 7) is 1.79. The van der Waals surface area contributed by atoms with Gasteiger partial charge in [0.15, 0.2) is 5.60 Å². The first kappa shape index (κ1) is 27.0. The number of rotatable bonds is 7. The Bertz CT molecular complexity index is 1720. The zero-order valence-electron chi connectivity index (χ0n) is 23.0. The molecule has 218 valence electrons. The van der Waals surface area contributed by atoms with Crippen LogP contribution >= 0.6 is 11.8 Å². The Hall–Kier alpha value is -3.90. The van der Waals surface area contributed by atoms with Gasteiger partial charge in [0, 0.05) is 33.9 Å². The van der Waals surface area contributed by atoms with Crippen LogP contribution in [0.4, 0.5) is 4.79 Å². The number of nitrogens with one attached hydrogen (secondary N) is 2. The number of urea groups is 1. The quantitative estimate of drug-likeness (QED) is 0.128. The van der Waals surface area contributed by atoms with E-state index in [2.05, 4.69) is 10.6 Å². The minimum absolute atomic E-state index is 0.0824. The smallest absolute Gasteiger partial charge is 0.343 e. The number of ether oxygens (including phenoxy) is 2. The molecular formula is C30H30N4O7S. The van der Waals surface area contributed by atoms with Crippen LogP contribution in [0.5, 0.6) is 5.75 Å². The number of fused-ring (bicyclic) bond motifs is 6. The molecule has 4 atom stereocenters. The van der Waals surface area contributed by atoms with Crippen molar-refractivity contribution in [2.75, 3.05) is 5.75 Å². The van der Waals surface area contributed by atoms with Crippen LogP contribution < -0.4 is 20.9 Å². The highest BCUT2D eigenvalue weighted by Crippen LogP contribution is 2.39. The van der Waals surface area contributed by atoms with Crippen LogP contribution in [0.25, 0.3) is 22.3 Å². The molecule has 2 amide bonds. The van der Waals surface area contributed by atoms with Crippen molar-refractivity contribution in [2.24, 2.45) is 0 Å². The maximum Gasteiger partial charge on any atom is 0.343 e. The zero-order valence-corrected chi connectivity index (χ0v) is 23.8. The SMILES string of the molecule is CC[C@@]1(O)C(=O)OCc2c1cc1n(c2=O)Cc2cc3cc(OC(=O)CCCC[C@@H]4SC[C@@H]5NC(=O)N[C@@H]54)ccc3nc2-1. The Labute approximate surface area is 245 Å². The van der Waals surface area contributed by atoms with Crippen molar-refractivity contribution in [2.45, 2.75) is 75.1 Å². The van der Waals surface area contributed by atoms with Gasteiger partial charge < -0.3 is 29.8 Å². The summed E-state index contributed by atoms with van der Waals surface area (Å²) >= 11 is 1.86. The second kappa shape index (κ2) is 10.1. The van der Waals surface area contributed by atoms with Gasteiger partial charge in [-0.1, -0.05) is 13.3 Å². The lowest BCUT2D eigenvalue weighted by Gasteiger charge is -2.31. The molecule has 4 aliphatic rings. The normalized spacial score (nSPS) is 25.2. The number of cyclic esters (lactones) is 1. The van der Waals surface area contributed by atoms with Crippen LogP contribution in [0.3, 0.4) is 0 Å². The predicted molar refractivity (Wildman–Crippen MR) is 154 cm³/mol. The van der Waals surface area contributed by atoms with Crippen LogP contribution in [0.1, 0.15) is 55.7 Å². The molecule has 2 aromatic heterocycles. The van der Waals surface area contributed by atoms with Gasteiger partial charge in [-0.25, -0.2) is 14.6 Å². The molecule has 0 radical (unpaired) electrons. The van der Waals surface area contributed by atoms with E-state index in [1.807, 2.05) is 17.8 Å². The standard InChI is InChI=1S/C30H30N4O7S/c1-2-30(39)19-11-22-25-16(12-34(22)27(36)18(19)13-40-28(30)37)9-15-10-17(7-8-20(15)31-25)41-24(35)6-4-3-5-23-26-21(14-42-23)32-29(38)33-26/h7-11,21,23,26,39H,2-6,12-14H2,1H3,(H2,32,33,38)/t21-,23-,26-,30-/m0/s1. The van der Waals surface area contributed by atoms with E-state index in [0.717, 1.165) is 29.5 Å². The fourth-order valence-electron chi connectivity index (χ4n) is 6.47. The predicted octanol–water partition coefficient (Wildman–Crippen LogP) is 2.71. The number of benzene rings is 1. The lowest BCUT2D eigenvalue weighted by molar-refractivity contribution is -0.172. The van der Waals surface area contributed by atoms with E-state index in [9.17, 15) is 24.3 Å². The molecule has 42 heavy (non-hydrogen) atoms. The van der Waals surface area contributed by atoms with Gasteiger partial charge >= 0.3 is 18.0 Å². The number of carbonyl (C=O) groups is 3. The molecule has 3 N–H and O–H groups in total. The Morgan fingerprint density at radius 1 is 1.21 bits per heavy atom. The summed E-state index contributed by atoms with van der Waals surface area (Å²) in [6, 6.07) is 9.12. The van der Waals surface area contributed by atoms with Gasteiger partial charge in [-0.05, 0) is 49.6 Å². The number of thioether (sulfide) groups is 1. The summed E-state index contributed by atoms with van der Waals surface area (Å²) < 4.78 is 12.3. The molecule has 0 aliphatic carbocycles. The summed E-state index contributed by atoms with van der Waals surface area (Å²) in [4.78, 5) is 54.6. The number of hydrogen-bond donors (Lipinski definition) is 3. The van der Waals surface area contributed by atoms with E-state index < -0.39 is 11.6 Å². The van der Waals surface area contributed by atoms with Crippen LogP contribution in [0.2, 0.25) is 0 Å². The highest BCUT2D eigenvalue weighted by atomic mass is 32.2. The van der Waals surface area contributed by atoms with E-state index in [0.29, 0.717) is 47.3 Å². The van der Waals surface area contributed by atoms with Crippen LogP contribution in [-0.4, -0.2) is 55.7 Å². The second-order valence-corrected chi connectivity index (χ2v) is 12.6. The van der Waals surface area contributed by atoms with E-state index in [1.165, 1.54) is 0 Å². The molecule has 11 nitrogen and oxygen atoms in total. The molecule has 3 aromatic rings. The molecule has 0 spiro atoms. The molecule has 0 bridgehead atoms. The largest absolute Gasteiger partial charge is 0.458 e. The maximum atomic E-state index is 13.4. The Morgan fingerprint density at radius 3 is 2.90 bits per heavy atom. The molecule has 6 heterocycles. The molecule has 1 aromatic carbocycles. The van der Waals surface area contributed by atoms with Crippen molar-refractivity contribution >= 4 is 40.6 Å². The van der Waals surface area contributed by atoms with Crippen LogP contribution in [0.15, 0.2) is 35.1 Å². The molecule has 0 unspecified atom stereocenters. The van der Waals surface area contributed by atoms with E-state index in [1.54, 1.807) is 35.8 Å². The third-order valence-corrected chi connectivity index (χ3v) is 10.3.